The van der Waals surface area contributed by atoms with Crippen molar-refractivity contribution in [2.45, 2.75) is 32.2 Å². The molecule has 0 saturated carbocycles. The number of unbranched alkanes of at least 4 members (excludes halogenated alkanes) is 2. The lowest BCUT2D eigenvalue weighted by Gasteiger charge is -2.16. The van der Waals surface area contributed by atoms with Crippen molar-refractivity contribution in [1.29, 1.82) is 0 Å². The summed E-state index contributed by atoms with van der Waals surface area (Å²) in [5.74, 6) is 0.957. The lowest BCUT2D eigenvalue weighted by molar-refractivity contribution is 0.264. The van der Waals surface area contributed by atoms with E-state index in [0.717, 1.165) is 25.0 Å². The highest BCUT2D eigenvalue weighted by Crippen LogP contribution is 2.24. The number of hydrogen-bond donors (Lipinski definition) is 2. The number of para-hydroxylation sites is 1. The average Bonchev–Trinajstić information content (AvgIpc) is 2.38. The van der Waals surface area contributed by atoms with E-state index in [1.54, 1.807) is 0 Å². The Hall–Kier alpha value is -1.06. The van der Waals surface area contributed by atoms with Gasteiger partial charge >= 0.3 is 0 Å². The van der Waals surface area contributed by atoms with E-state index in [9.17, 15) is 0 Å². The lowest BCUT2D eigenvalue weighted by atomic mass is 10.1. The minimum atomic E-state index is 0.271. The molecule has 96 valence electrons. The summed E-state index contributed by atoms with van der Waals surface area (Å²) >= 11 is 0. The van der Waals surface area contributed by atoms with E-state index in [2.05, 4.69) is 18.3 Å². The Morgan fingerprint density at radius 1 is 1.24 bits per heavy atom. The second-order valence-electron chi connectivity index (χ2n) is 4.18. The number of aliphatic hydroxyl groups excluding tert-OH is 1. The first kappa shape index (κ1) is 14.0. The van der Waals surface area contributed by atoms with Crippen LogP contribution in [-0.4, -0.2) is 25.4 Å². The molecule has 1 aromatic rings. The summed E-state index contributed by atoms with van der Waals surface area (Å²) in [5.41, 5.74) is 1.19. The van der Waals surface area contributed by atoms with Crippen molar-refractivity contribution in [3.05, 3.63) is 29.8 Å². The summed E-state index contributed by atoms with van der Waals surface area (Å²) in [6, 6.07) is 8.42. The van der Waals surface area contributed by atoms with E-state index in [1.807, 2.05) is 25.2 Å². The summed E-state index contributed by atoms with van der Waals surface area (Å²) in [4.78, 5) is 0. The van der Waals surface area contributed by atoms with Gasteiger partial charge in [-0.25, -0.2) is 0 Å². The summed E-state index contributed by atoms with van der Waals surface area (Å²) in [5, 5.41) is 11.9. The Balaban J connectivity index is 2.46. The fraction of sp³-hybridized carbons (Fsp3) is 0.571. The lowest BCUT2D eigenvalue weighted by Crippen LogP contribution is -2.14. The minimum absolute atomic E-state index is 0.271. The number of nitrogens with one attached hydrogen (secondary N) is 1. The fourth-order valence-corrected chi connectivity index (χ4v) is 1.70. The van der Waals surface area contributed by atoms with Crippen LogP contribution in [0.4, 0.5) is 0 Å². The van der Waals surface area contributed by atoms with Crippen LogP contribution in [0, 0.1) is 0 Å². The summed E-state index contributed by atoms with van der Waals surface area (Å²) in [6.45, 7) is 3.11. The van der Waals surface area contributed by atoms with Gasteiger partial charge in [0.25, 0.3) is 0 Å². The summed E-state index contributed by atoms with van der Waals surface area (Å²) in [6.07, 6.45) is 2.86. The van der Waals surface area contributed by atoms with Crippen molar-refractivity contribution in [2.24, 2.45) is 0 Å². The molecule has 3 heteroatoms. The van der Waals surface area contributed by atoms with Gasteiger partial charge in [-0.3, -0.25) is 0 Å². The standard InChI is InChI=1S/C14H23NO2/c1-12(15-2)13-8-4-5-9-14(13)17-11-7-3-6-10-16/h4-5,8-9,12,15-16H,3,6-7,10-11H2,1-2H3. The van der Waals surface area contributed by atoms with Crippen LogP contribution in [0.15, 0.2) is 24.3 Å². The molecule has 0 fully saturated rings. The number of benzene rings is 1. The molecule has 0 aliphatic rings. The normalized spacial score (nSPS) is 12.4. The van der Waals surface area contributed by atoms with Gasteiger partial charge in [0.1, 0.15) is 5.75 Å². The zero-order valence-electron chi connectivity index (χ0n) is 10.8. The van der Waals surface area contributed by atoms with Crippen LogP contribution in [0.2, 0.25) is 0 Å². The van der Waals surface area contributed by atoms with Crippen LogP contribution >= 0.6 is 0 Å². The van der Waals surface area contributed by atoms with Crippen molar-refractivity contribution >= 4 is 0 Å². The van der Waals surface area contributed by atoms with E-state index in [4.69, 9.17) is 9.84 Å². The highest BCUT2D eigenvalue weighted by atomic mass is 16.5. The third-order valence-corrected chi connectivity index (χ3v) is 2.88. The highest BCUT2D eigenvalue weighted by Gasteiger charge is 2.08. The van der Waals surface area contributed by atoms with Crippen LogP contribution in [0.5, 0.6) is 5.75 Å². The molecular formula is C14H23NO2. The Morgan fingerprint density at radius 2 is 2.00 bits per heavy atom. The largest absolute Gasteiger partial charge is 0.493 e. The maximum atomic E-state index is 8.68. The van der Waals surface area contributed by atoms with Crippen LogP contribution in [0.1, 0.15) is 37.8 Å². The maximum absolute atomic E-state index is 8.68. The molecule has 0 amide bonds. The van der Waals surface area contributed by atoms with E-state index in [-0.39, 0.29) is 6.61 Å². The molecule has 1 unspecified atom stereocenters. The summed E-state index contributed by atoms with van der Waals surface area (Å²) < 4.78 is 5.79. The van der Waals surface area contributed by atoms with E-state index >= 15 is 0 Å². The number of rotatable bonds is 8. The molecule has 0 aliphatic carbocycles. The molecule has 0 bridgehead atoms. The molecule has 0 aliphatic heterocycles. The van der Waals surface area contributed by atoms with Crippen LogP contribution in [0.3, 0.4) is 0 Å². The first-order valence-electron chi connectivity index (χ1n) is 6.29. The minimum Gasteiger partial charge on any atom is -0.493 e. The zero-order chi connectivity index (χ0) is 12.5. The van der Waals surface area contributed by atoms with Gasteiger partial charge in [-0.15, -0.1) is 0 Å². The van der Waals surface area contributed by atoms with Crippen molar-refractivity contribution < 1.29 is 9.84 Å². The Bertz CT molecular complexity index is 315. The SMILES string of the molecule is CNC(C)c1ccccc1OCCCCCO. The molecule has 2 N–H and O–H groups in total. The number of hydrogen-bond acceptors (Lipinski definition) is 3. The monoisotopic (exact) mass is 237 g/mol. The van der Waals surface area contributed by atoms with Crippen molar-refractivity contribution in [3.8, 4) is 5.75 Å². The van der Waals surface area contributed by atoms with Gasteiger partial charge in [0.15, 0.2) is 0 Å². The Kier molecular flexibility index (Phi) is 6.67. The molecule has 3 nitrogen and oxygen atoms in total. The van der Waals surface area contributed by atoms with Crippen molar-refractivity contribution in [3.63, 3.8) is 0 Å². The smallest absolute Gasteiger partial charge is 0.124 e. The van der Waals surface area contributed by atoms with Crippen molar-refractivity contribution in [2.75, 3.05) is 20.3 Å². The molecular weight excluding hydrogens is 214 g/mol. The van der Waals surface area contributed by atoms with Gasteiger partial charge in [-0.1, -0.05) is 18.2 Å². The van der Waals surface area contributed by atoms with Gasteiger partial charge in [-0.2, -0.15) is 0 Å². The first-order valence-corrected chi connectivity index (χ1v) is 6.29. The first-order chi connectivity index (χ1) is 8.29. The molecule has 1 rings (SSSR count). The van der Waals surface area contributed by atoms with Gasteiger partial charge in [0.2, 0.25) is 0 Å². The number of ether oxygens (including phenoxy) is 1. The van der Waals surface area contributed by atoms with Gasteiger partial charge < -0.3 is 15.2 Å². The molecule has 0 saturated heterocycles. The molecule has 1 aromatic carbocycles. The van der Waals surface area contributed by atoms with E-state index < -0.39 is 0 Å². The van der Waals surface area contributed by atoms with Gasteiger partial charge in [-0.05, 0) is 39.3 Å². The topological polar surface area (TPSA) is 41.5 Å². The molecule has 17 heavy (non-hydrogen) atoms. The summed E-state index contributed by atoms with van der Waals surface area (Å²) in [7, 11) is 1.95. The van der Waals surface area contributed by atoms with Gasteiger partial charge in [0.05, 0.1) is 6.61 Å². The molecule has 0 heterocycles. The van der Waals surface area contributed by atoms with Crippen LogP contribution < -0.4 is 10.1 Å². The molecule has 0 spiro atoms. The van der Waals surface area contributed by atoms with Crippen LogP contribution in [0.25, 0.3) is 0 Å². The quantitative estimate of drug-likeness (QED) is 0.683. The Labute approximate surface area is 104 Å². The third-order valence-electron chi connectivity index (χ3n) is 2.88. The van der Waals surface area contributed by atoms with Crippen LogP contribution in [-0.2, 0) is 0 Å². The third kappa shape index (κ3) is 4.75. The fourth-order valence-electron chi connectivity index (χ4n) is 1.70. The Morgan fingerprint density at radius 3 is 2.71 bits per heavy atom. The van der Waals surface area contributed by atoms with Crippen molar-refractivity contribution in [1.82, 2.24) is 5.32 Å². The zero-order valence-corrected chi connectivity index (χ0v) is 10.8. The second kappa shape index (κ2) is 8.09. The molecule has 0 radical (unpaired) electrons. The van der Waals surface area contributed by atoms with Gasteiger partial charge in [0, 0.05) is 18.2 Å². The second-order valence-corrected chi connectivity index (χ2v) is 4.18. The molecule has 0 aromatic heterocycles. The number of aliphatic hydroxyl groups is 1. The molecule has 1 atom stereocenters. The highest BCUT2D eigenvalue weighted by molar-refractivity contribution is 5.35. The maximum Gasteiger partial charge on any atom is 0.124 e. The van der Waals surface area contributed by atoms with E-state index in [0.29, 0.717) is 12.6 Å². The van der Waals surface area contributed by atoms with E-state index in [1.165, 1.54) is 5.56 Å². The predicted molar refractivity (Wildman–Crippen MR) is 70.3 cm³/mol. The predicted octanol–water partition coefficient (Wildman–Crippen LogP) is 2.51. The average molecular weight is 237 g/mol.